The molecule has 2 rings (SSSR count). The van der Waals surface area contributed by atoms with Crippen molar-refractivity contribution in [3.8, 4) is 11.8 Å². The molecular weight excluding hydrogens is 271 g/mol. The summed E-state index contributed by atoms with van der Waals surface area (Å²) in [5.41, 5.74) is 5.78. The van der Waals surface area contributed by atoms with E-state index in [9.17, 15) is 9.18 Å². The number of halogens is 1. The summed E-state index contributed by atoms with van der Waals surface area (Å²) in [6, 6.07) is 4.13. The number of hydrogen-bond donors (Lipinski definition) is 2. The van der Waals surface area contributed by atoms with Crippen LogP contribution < -0.4 is 11.1 Å². The molecule has 0 radical (unpaired) electrons. The molecule has 0 bridgehead atoms. The van der Waals surface area contributed by atoms with Crippen LogP contribution in [0.3, 0.4) is 0 Å². The number of carbonyl (C=O) groups excluding carboxylic acids is 1. The summed E-state index contributed by atoms with van der Waals surface area (Å²) in [6.45, 7) is 0.429. The molecule has 3 N–H and O–H groups in total. The average Bonchev–Trinajstić information content (AvgIpc) is 2.89. The number of hydrogen-bond acceptors (Lipinski definition) is 3. The van der Waals surface area contributed by atoms with Crippen LogP contribution in [-0.4, -0.2) is 22.0 Å². The van der Waals surface area contributed by atoms with Gasteiger partial charge in [-0.25, -0.2) is 9.37 Å². The van der Waals surface area contributed by atoms with Gasteiger partial charge in [-0.3, -0.25) is 4.79 Å². The highest BCUT2D eigenvalue weighted by Crippen LogP contribution is 2.10. The Hall–Kier alpha value is -2.65. The molecule has 1 aromatic heterocycles. The SMILES string of the molecule is Cn1ccnc1CNC(=O)c1cc(C#CCN)ccc1F. The summed E-state index contributed by atoms with van der Waals surface area (Å²) in [6.07, 6.45) is 3.40. The van der Waals surface area contributed by atoms with E-state index in [2.05, 4.69) is 22.1 Å². The van der Waals surface area contributed by atoms with Crippen molar-refractivity contribution < 1.29 is 9.18 Å². The van der Waals surface area contributed by atoms with Gasteiger partial charge in [0.15, 0.2) is 0 Å². The van der Waals surface area contributed by atoms with E-state index in [1.54, 1.807) is 17.0 Å². The number of imidazole rings is 1. The van der Waals surface area contributed by atoms with Gasteiger partial charge in [0, 0.05) is 25.0 Å². The van der Waals surface area contributed by atoms with E-state index in [-0.39, 0.29) is 18.7 Å². The molecule has 0 saturated carbocycles. The van der Waals surface area contributed by atoms with E-state index in [0.29, 0.717) is 11.4 Å². The molecule has 0 saturated heterocycles. The largest absolute Gasteiger partial charge is 0.345 e. The minimum absolute atomic E-state index is 0.0481. The maximum absolute atomic E-state index is 13.7. The summed E-state index contributed by atoms with van der Waals surface area (Å²) in [7, 11) is 1.82. The highest BCUT2D eigenvalue weighted by Gasteiger charge is 2.12. The van der Waals surface area contributed by atoms with E-state index in [1.165, 1.54) is 18.2 Å². The third-order valence-corrected chi connectivity index (χ3v) is 2.87. The van der Waals surface area contributed by atoms with Crippen molar-refractivity contribution in [2.75, 3.05) is 6.54 Å². The lowest BCUT2D eigenvalue weighted by Gasteiger charge is -2.06. The zero-order valence-electron chi connectivity index (χ0n) is 11.6. The van der Waals surface area contributed by atoms with Crippen LogP contribution >= 0.6 is 0 Å². The molecule has 0 aliphatic rings. The van der Waals surface area contributed by atoms with Crippen LogP contribution in [0.5, 0.6) is 0 Å². The molecule has 1 amide bonds. The monoisotopic (exact) mass is 286 g/mol. The molecule has 0 fully saturated rings. The lowest BCUT2D eigenvalue weighted by atomic mass is 10.1. The number of nitrogens with zero attached hydrogens (tertiary/aromatic N) is 2. The predicted molar refractivity (Wildman–Crippen MR) is 76.7 cm³/mol. The van der Waals surface area contributed by atoms with Gasteiger partial charge in [0.25, 0.3) is 5.91 Å². The summed E-state index contributed by atoms with van der Waals surface area (Å²) in [4.78, 5) is 16.1. The summed E-state index contributed by atoms with van der Waals surface area (Å²) >= 11 is 0. The lowest BCUT2D eigenvalue weighted by Crippen LogP contribution is -2.25. The number of aromatic nitrogens is 2. The third kappa shape index (κ3) is 3.68. The summed E-state index contributed by atoms with van der Waals surface area (Å²) in [5.74, 6) is 5.01. The summed E-state index contributed by atoms with van der Waals surface area (Å²) < 4.78 is 15.5. The second kappa shape index (κ2) is 6.68. The fourth-order valence-corrected chi connectivity index (χ4v) is 1.75. The second-order valence-corrected chi connectivity index (χ2v) is 4.34. The van der Waals surface area contributed by atoms with Gasteiger partial charge in [-0.1, -0.05) is 11.8 Å². The van der Waals surface area contributed by atoms with Crippen molar-refractivity contribution in [1.29, 1.82) is 0 Å². The van der Waals surface area contributed by atoms with Gasteiger partial charge in [-0.05, 0) is 18.2 Å². The first kappa shape index (κ1) is 14.8. The Balaban J connectivity index is 2.13. The number of nitrogens with one attached hydrogen (secondary N) is 1. The van der Waals surface area contributed by atoms with Crippen molar-refractivity contribution in [1.82, 2.24) is 14.9 Å². The Kier molecular flexibility index (Phi) is 4.69. The van der Waals surface area contributed by atoms with Crippen LogP contribution in [0.15, 0.2) is 30.6 Å². The molecule has 21 heavy (non-hydrogen) atoms. The molecule has 108 valence electrons. The van der Waals surface area contributed by atoms with Gasteiger partial charge in [-0.15, -0.1) is 0 Å². The normalized spacial score (nSPS) is 9.86. The zero-order chi connectivity index (χ0) is 15.2. The van der Waals surface area contributed by atoms with Gasteiger partial charge in [0.2, 0.25) is 0 Å². The third-order valence-electron chi connectivity index (χ3n) is 2.87. The fourth-order valence-electron chi connectivity index (χ4n) is 1.75. The van der Waals surface area contributed by atoms with E-state index in [4.69, 9.17) is 5.73 Å². The molecule has 5 nitrogen and oxygen atoms in total. The number of carbonyl (C=O) groups is 1. The van der Waals surface area contributed by atoms with Gasteiger partial charge in [-0.2, -0.15) is 0 Å². The highest BCUT2D eigenvalue weighted by molar-refractivity contribution is 5.94. The summed E-state index contributed by atoms with van der Waals surface area (Å²) in [5, 5.41) is 2.63. The van der Waals surface area contributed by atoms with Crippen LogP contribution in [0.4, 0.5) is 4.39 Å². The topological polar surface area (TPSA) is 72.9 Å². The fraction of sp³-hybridized carbons (Fsp3) is 0.200. The first-order chi connectivity index (χ1) is 10.1. The van der Waals surface area contributed by atoms with E-state index in [1.807, 2.05) is 7.05 Å². The van der Waals surface area contributed by atoms with Crippen LogP contribution in [0.2, 0.25) is 0 Å². The van der Waals surface area contributed by atoms with E-state index in [0.717, 1.165) is 0 Å². The maximum Gasteiger partial charge on any atom is 0.254 e. The predicted octanol–water partition coefficient (Wildman–Crippen LogP) is 0.799. The zero-order valence-corrected chi connectivity index (χ0v) is 11.6. The Bertz CT molecular complexity index is 712. The van der Waals surface area contributed by atoms with E-state index < -0.39 is 11.7 Å². The molecule has 0 unspecified atom stereocenters. The molecule has 0 aliphatic heterocycles. The van der Waals surface area contributed by atoms with Gasteiger partial charge < -0.3 is 15.6 Å². The number of aryl methyl sites for hydroxylation is 1. The molecule has 2 aromatic rings. The van der Waals surface area contributed by atoms with Crippen molar-refractivity contribution in [2.24, 2.45) is 12.8 Å². The smallest absolute Gasteiger partial charge is 0.254 e. The minimum Gasteiger partial charge on any atom is -0.345 e. The Morgan fingerprint density at radius 3 is 3.00 bits per heavy atom. The van der Waals surface area contributed by atoms with Gasteiger partial charge in [0.1, 0.15) is 11.6 Å². The Morgan fingerprint density at radius 2 is 2.33 bits per heavy atom. The van der Waals surface area contributed by atoms with Crippen LogP contribution in [0, 0.1) is 17.7 Å². The number of benzene rings is 1. The first-order valence-electron chi connectivity index (χ1n) is 6.34. The quantitative estimate of drug-likeness (QED) is 0.820. The Labute approximate surface area is 122 Å². The maximum atomic E-state index is 13.7. The van der Waals surface area contributed by atoms with Crippen LogP contribution in [-0.2, 0) is 13.6 Å². The Morgan fingerprint density at radius 1 is 1.52 bits per heavy atom. The molecule has 0 atom stereocenters. The average molecular weight is 286 g/mol. The minimum atomic E-state index is -0.592. The van der Waals surface area contributed by atoms with Crippen LogP contribution in [0.25, 0.3) is 0 Å². The van der Waals surface area contributed by atoms with Crippen molar-refractivity contribution >= 4 is 5.91 Å². The second-order valence-electron chi connectivity index (χ2n) is 4.34. The van der Waals surface area contributed by atoms with Crippen molar-refractivity contribution in [2.45, 2.75) is 6.54 Å². The number of amides is 1. The molecular formula is C15H15FN4O. The lowest BCUT2D eigenvalue weighted by molar-refractivity contribution is 0.0945. The molecule has 1 aromatic carbocycles. The number of rotatable bonds is 3. The van der Waals surface area contributed by atoms with Crippen molar-refractivity contribution in [3.05, 3.63) is 53.4 Å². The van der Waals surface area contributed by atoms with Crippen LogP contribution in [0.1, 0.15) is 21.7 Å². The standard InChI is InChI=1S/C15H15FN4O/c1-20-8-7-18-14(20)10-19-15(21)12-9-11(3-2-6-17)4-5-13(12)16/h4-5,7-9H,6,10,17H2,1H3,(H,19,21). The molecule has 0 spiro atoms. The van der Waals surface area contributed by atoms with Crippen molar-refractivity contribution in [3.63, 3.8) is 0 Å². The molecule has 1 heterocycles. The molecule has 0 aliphatic carbocycles. The van der Waals surface area contributed by atoms with Gasteiger partial charge >= 0.3 is 0 Å². The highest BCUT2D eigenvalue weighted by atomic mass is 19.1. The van der Waals surface area contributed by atoms with E-state index >= 15 is 0 Å². The van der Waals surface area contributed by atoms with Gasteiger partial charge in [0.05, 0.1) is 18.7 Å². The molecule has 6 heteroatoms. The first-order valence-corrected chi connectivity index (χ1v) is 6.34. The number of nitrogens with two attached hydrogens (primary N) is 1.